The first-order chi connectivity index (χ1) is 14.1. The van der Waals surface area contributed by atoms with Crippen LogP contribution in [0.3, 0.4) is 0 Å². The molecule has 4 rings (SSSR count). The number of ether oxygens (including phenoxy) is 3. The van der Waals surface area contributed by atoms with Crippen molar-refractivity contribution in [3.05, 3.63) is 60.2 Å². The van der Waals surface area contributed by atoms with Gasteiger partial charge in [-0.25, -0.2) is 0 Å². The van der Waals surface area contributed by atoms with Gasteiger partial charge < -0.3 is 14.2 Å². The molecular formula is C21H20N2O6. The number of rotatable bonds is 5. The van der Waals surface area contributed by atoms with Crippen LogP contribution in [-0.4, -0.2) is 37.1 Å². The number of fused-ring (bicyclic) bond motifs is 1. The molecule has 0 radical (unpaired) electrons. The number of esters is 1. The Morgan fingerprint density at radius 1 is 0.966 bits per heavy atom. The van der Waals surface area contributed by atoms with Crippen LogP contribution >= 0.6 is 0 Å². The highest BCUT2D eigenvalue weighted by atomic mass is 16.6. The molecule has 1 heterocycles. The Morgan fingerprint density at radius 2 is 1.66 bits per heavy atom. The van der Waals surface area contributed by atoms with Gasteiger partial charge in [-0.1, -0.05) is 42.5 Å². The molecule has 2 N–H and O–H groups in total. The van der Waals surface area contributed by atoms with Gasteiger partial charge in [0.25, 0.3) is 11.8 Å². The molecular weight excluding hydrogens is 376 g/mol. The van der Waals surface area contributed by atoms with Crippen molar-refractivity contribution in [2.45, 2.75) is 24.4 Å². The second-order valence-corrected chi connectivity index (χ2v) is 6.93. The van der Waals surface area contributed by atoms with E-state index in [4.69, 9.17) is 14.2 Å². The maximum atomic E-state index is 12.4. The van der Waals surface area contributed by atoms with Crippen LogP contribution in [0.1, 0.15) is 18.4 Å². The summed E-state index contributed by atoms with van der Waals surface area (Å²) in [5.41, 5.74) is 4.70. The van der Waals surface area contributed by atoms with Gasteiger partial charge in [0, 0.05) is 0 Å². The number of para-hydroxylation sites is 2. The Labute approximate surface area is 167 Å². The molecule has 2 aromatic rings. The number of hydrazine groups is 1. The average molecular weight is 396 g/mol. The molecule has 0 spiro atoms. The highest BCUT2D eigenvalue weighted by Crippen LogP contribution is 2.49. The zero-order valence-corrected chi connectivity index (χ0v) is 15.6. The second kappa shape index (κ2) is 7.83. The summed E-state index contributed by atoms with van der Waals surface area (Å²) in [4.78, 5) is 36.5. The predicted octanol–water partition coefficient (Wildman–Crippen LogP) is 1.25. The molecule has 8 nitrogen and oxygen atoms in total. The van der Waals surface area contributed by atoms with Crippen LogP contribution in [-0.2, 0) is 24.5 Å². The van der Waals surface area contributed by atoms with Gasteiger partial charge in [-0.05, 0) is 30.5 Å². The Morgan fingerprint density at radius 3 is 2.38 bits per heavy atom. The number of amides is 2. The highest BCUT2D eigenvalue weighted by Gasteiger charge is 2.52. The molecule has 0 bridgehead atoms. The fraction of sp³-hybridized carbons (Fsp3) is 0.286. The van der Waals surface area contributed by atoms with Gasteiger partial charge in [0.2, 0.25) is 6.10 Å². The van der Waals surface area contributed by atoms with Gasteiger partial charge in [-0.3, -0.25) is 25.2 Å². The molecule has 150 valence electrons. The Bertz CT molecular complexity index is 926. The standard InChI is InChI=1S/C21H20N2O6/c24-18(13-28-20(26)21(10-11-21)14-6-2-1-3-7-14)22-23-19(25)17-12-27-15-8-4-5-9-16(15)29-17/h1-9,17H,10-13H2,(H,22,24)(H,23,25)/t17-/m1/s1. The number of carbonyl (C=O) groups excluding carboxylic acids is 3. The van der Waals surface area contributed by atoms with E-state index in [1.54, 1.807) is 24.3 Å². The van der Waals surface area contributed by atoms with E-state index >= 15 is 0 Å². The lowest BCUT2D eigenvalue weighted by Crippen LogP contribution is -2.51. The molecule has 1 saturated carbocycles. The largest absolute Gasteiger partial charge is 0.485 e. The molecule has 1 aliphatic heterocycles. The van der Waals surface area contributed by atoms with Crippen molar-refractivity contribution in [1.29, 1.82) is 0 Å². The molecule has 0 saturated heterocycles. The topological polar surface area (TPSA) is 103 Å². The molecule has 2 amide bonds. The van der Waals surface area contributed by atoms with Crippen molar-refractivity contribution in [2.24, 2.45) is 0 Å². The van der Waals surface area contributed by atoms with Crippen molar-refractivity contribution in [1.82, 2.24) is 10.9 Å². The van der Waals surface area contributed by atoms with E-state index in [0.29, 0.717) is 24.3 Å². The van der Waals surface area contributed by atoms with E-state index in [2.05, 4.69) is 10.9 Å². The van der Waals surface area contributed by atoms with Gasteiger partial charge in [-0.2, -0.15) is 0 Å². The predicted molar refractivity (Wildman–Crippen MR) is 101 cm³/mol. The average Bonchev–Trinajstić information content (AvgIpc) is 3.58. The lowest BCUT2D eigenvalue weighted by atomic mass is 9.96. The first-order valence-electron chi connectivity index (χ1n) is 9.28. The number of benzene rings is 2. The molecule has 0 unspecified atom stereocenters. The summed E-state index contributed by atoms with van der Waals surface area (Å²) >= 11 is 0. The first-order valence-corrected chi connectivity index (χ1v) is 9.28. The fourth-order valence-electron chi connectivity index (χ4n) is 3.16. The van der Waals surface area contributed by atoms with E-state index in [-0.39, 0.29) is 6.61 Å². The maximum absolute atomic E-state index is 12.4. The SMILES string of the molecule is O=C(COC(=O)C1(c2ccccc2)CC1)NNC(=O)[C@H]1COc2ccccc2O1. The number of hydrogen-bond donors (Lipinski definition) is 2. The molecule has 1 fully saturated rings. The second-order valence-electron chi connectivity index (χ2n) is 6.93. The Kier molecular flexibility index (Phi) is 5.07. The summed E-state index contributed by atoms with van der Waals surface area (Å²) in [6.45, 7) is -0.466. The third-order valence-electron chi connectivity index (χ3n) is 4.93. The van der Waals surface area contributed by atoms with Crippen LogP contribution < -0.4 is 20.3 Å². The number of nitrogens with one attached hydrogen (secondary N) is 2. The maximum Gasteiger partial charge on any atom is 0.317 e. The summed E-state index contributed by atoms with van der Waals surface area (Å²) in [5.74, 6) is -0.643. The van der Waals surface area contributed by atoms with Crippen molar-refractivity contribution in [2.75, 3.05) is 13.2 Å². The lowest BCUT2D eigenvalue weighted by Gasteiger charge is -2.25. The molecule has 8 heteroatoms. The van der Waals surface area contributed by atoms with Crippen molar-refractivity contribution < 1.29 is 28.6 Å². The minimum absolute atomic E-state index is 0.0211. The van der Waals surface area contributed by atoms with Crippen LogP contribution in [0.4, 0.5) is 0 Å². The molecule has 2 aliphatic rings. The van der Waals surface area contributed by atoms with Crippen LogP contribution in [0.15, 0.2) is 54.6 Å². The molecule has 29 heavy (non-hydrogen) atoms. The van der Waals surface area contributed by atoms with Gasteiger partial charge >= 0.3 is 5.97 Å². The zero-order valence-electron chi connectivity index (χ0n) is 15.6. The third-order valence-corrected chi connectivity index (χ3v) is 4.93. The van der Waals surface area contributed by atoms with Gasteiger partial charge in [0.1, 0.15) is 6.61 Å². The highest BCUT2D eigenvalue weighted by molar-refractivity contribution is 5.90. The fourth-order valence-corrected chi connectivity index (χ4v) is 3.16. The summed E-state index contributed by atoms with van der Waals surface area (Å²) in [5, 5.41) is 0. The first kappa shape index (κ1) is 18.8. The van der Waals surface area contributed by atoms with Crippen LogP contribution in [0.5, 0.6) is 11.5 Å². The van der Waals surface area contributed by atoms with Crippen LogP contribution in [0, 0.1) is 0 Å². The van der Waals surface area contributed by atoms with Crippen molar-refractivity contribution in [3.8, 4) is 11.5 Å². The smallest absolute Gasteiger partial charge is 0.317 e. The molecule has 1 aliphatic carbocycles. The molecule has 2 aromatic carbocycles. The van der Waals surface area contributed by atoms with Crippen LogP contribution in [0.2, 0.25) is 0 Å². The van der Waals surface area contributed by atoms with E-state index in [1.807, 2.05) is 30.3 Å². The van der Waals surface area contributed by atoms with Gasteiger partial charge in [-0.15, -0.1) is 0 Å². The van der Waals surface area contributed by atoms with Gasteiger partial charge in [0.05, 0.1) is 5.41 Å². The summed E-state index contributed by atoms with van der Waals surface area (Å²) in [7, 11) is 0. The lowest BCUT2D eigenvalue weighted by molar-refractivity contribution is -0.151. The van der Waals surface area contributed by atoms with E-state index in [1.165, 1.54) is 0 Å². The molecule has 0 aromatic heterocycles. The van der Waals surface area contributed by atoms with E-state index < -0.39 is 35.9 Å². The summed E-state index contributed by atoms with van der Waals surface area (Å²) < 4.78 is 16.2. The van der Waals surface area contributed by atoms with Gasteiger partial charge in [0.15, 0.2) is 18.1 Å². The molecule has 1 atom stereocenters. The van der Waals surface area contributed by atoms with E-state index in [0.717, 1.165) is 5.56 Å². The van der Waals surface area contributed by atoms with Crippen molar-refractivity contribution in [3.63, 3.8) is 0 Å². The normalized spacial score (nSPS) is 18.3. The quantitative estimate of drug-likeness (QED) is 0.583. The number of hydrogen-bond acceptors (Lipinski definition) is 6. The zero-order chi connectivity index (χ0) is 20.3. The minimum Gasteiger partial charge on any atom is -0.485 e. The van der Waals surface area contributed by atoms with Crippen molar-refractivity contribution >= 4 is 17.8 Å². The minimum atomic E-state index is -0.902. The van der Waals surface area contributed by atoms with Crippen LogP contribution in [0.25, 0.3) is 0 Å². The van der Waals surface area contributed by atoms with E-state index in [9.17, 15) is 14.4 Å². The Balaban J connectivity index is 1.23. The summed E-state index contributed by atoms with van der Waals surface area (Å²) in [6.07, 6.45) is 0.476. The third kappa shape index (κ3) is 4.01. The summed E-state index contributed by atoms with van der Waals surface area (Å²) in [6, 6.07) is 16.3. The monoisotopic (exact) mass is 396 g/mol. The number of carbonyl (C=O) groups is 3. The Hall–Kier alpha value is -3.55.